The zero-order valence-electron chi connectivity index (χ0n) is 5.89. The summed E-state index contributed by atoms with van der Waals surface area (Å²) in [6.07, 6.45) is 2.72. The molecule has 1 rings (SSSR count). The van der Waals surface area contributed by atoms with Crippen molar-refractivity contribution in [2.24, 2.45) is 0 Å². The first kappa shape index (κ1) is 7.03. The number of ether oxygens (including phenoxy) is 1. The molecule has 1 aliphatic rings. The van der Waals surface area contributed by atoms with Crippen LogP contribution in [0.5, 0.6) is 0 Å². The van der Waals surface area contributed by atoms with Gasteiger partial charge in [0.2, 0.25) is 0 Å². The molecule has 0 aromatic rings. The Kier molecular flexibility index (Phi) is 2.09. The summed E-state index contributed by atoms with van der Waals surface area (Å²) in [6, 6.07) is 0. The van der Waals surface area contributed by atoms with E-state index in [0.29, 0.717) is 6.61 Å². The molecule has 1 aliphatic heterocycles. The minimum absolute atomic E-state index is 0.502. The average Bonchev–Trinajstić information content (AvgIpc) is 1.90. The van der Waals surface area contributed by atoms with Gasteiger partial charge in [0.25, 0.3) is 0 Å². The quantitative estimate of drug-likeness (QED) is 0.572. The molecule has 9 heavy (non-hydrogen) atoms. The summed E-state index contributed by atoms with van der Waals surface area (Å²) in [6.45, 7) is 3.35. The second-order valence-electron chi connectivity index (χ2n) is 2.73. The van der Waals surface area contributed by atoms with Crippen molar-refractivity contribution in [2.45, 2.75) is 31.8 Å². The first-order valence-electron chi connectivity index (χ1n) is 3.57. The molecule has 0 aromatic heterocycles. The van der Waals surface area contributed by atoms with E-state index in [1.54, 1.807) is 0 Å². The van der Waals surface area contributed by atoms with Crippen molar-refractivity contribution in [3.8, 4) is 0 Å². The van der Waals surface area contributed by atoms with Gasteiger partial charge in [-0.2, -0.15) is 0 Å². The highest BCUT2D eigenvalue weighted by atomic mass is 16.5. The smallest absolute Gasteiger partial charge is 0.0878 e. The van der Waals surface area contributed by atoms with E-state index in [-0.39, 0.29) is 0 Å². The van der Waals surface area contributed by atoms with Gasteiger partial charge in [0, 0.05) is 6.61 Å². The summed E-state index contributed by atoms with van der Waals surface area (Å²) < 4.78 is 5.13. The standard InChI is InChI=1S/C7H14O2/c1-2-7(8)4-3-5-9-6-7/h8H,2-6H2,1H3. The second-order valence-corrected chi connectivity index (χ2v) is 2.73. The highest BCUT2D eigenvalue weighted by Crippen LogP contribution is 2.21. The highest BCUT2D eigenvalue weighted by Gasteiger charge is 2.27. The Morgan fingerprint density at radius 3 is 2.78 bits per heavy atom. The van der Waals surface area contributed by atoms with E-state index in [2.05, 4.69) is 0 Å². The summed E-state index contributed by atoms with van der Waals surface area (Å²) in [7, 11) is 0. The maximum Gasteiger partial charge on any atom is 0.0878 e. The van der Waals surface area contributed by atoms with Crippen LogP contribution in [0.2, 0.25) is 0 Å². The maximum absolute atomic E-state index is 9.56. The number of hydrogen-bond acceptors (Lipinski definition) is 2. The van der Waals surface area contributed by atoms with Gasteiger partial charge in [-0.1, -0.05) is 6.92 Å². The van der Waals surface area contributed by atoms with Gasteiger partial charge < -0.3 is 9.84 Å². The molecule has 1 atom stereocenters. The van der Waals surface area contributed by atoms with Crippen molar-refractivity contribution < 1.29 is 9.84 Å². The van der Waals surface area contributed by atoms with Crippen LogP contribution in [-0.2, 0) is 4.74 Å². The minimum atomic E-state index is -0.502. The third-order valence-corrected chi connectivity index (χ3v) is 1.96. The minimum Gasteiger partial charge on any atom is -0.387 e. The zero-order valence-corrected chi connectivity index (χ0v) is 5.89. The Bertz CT molecular complexity index is 84.9. The van der Waals surface area contributed by atoms with E-state index in [0.717, 1.165) is 25.9 Å². The third kappa shape index (κ3) is 1.66. The van der Waals surface area contributed by atoms with Crippen LogP contribution in [0.3, 0.4) is 0 Å². The van der Waals surface area contributed by atoms with Crippen molar-refractivity contribution in [3.63, 3.8) is 0 Å². The third-order valence-electron chi connectivity index (χ3n) is 1.96. The predicted molar refractivity (Wildman–Crippen MR) is 35.3 cm³/mol. The second kappa shape index (κ2) is 2.67. The molecule has 0 aromatic carbocycles. The Labute approximate surface area is 55.8 Å². The molecular weight excluding hydrogens is 116 g/mol. The molecule has 1 unspecified atom stereocenters. The van der Waals surface area contributed by atoms with Crippen LogP contribution in [0, 0.1) is 0 Å². The number of hydrogen-bond donors (Lipinski definition) is 1. The SMILES string of the molecule is CCC1(O)CCCOC1. The van der Waals surface area contributed by atoms with Crippen LogP contribution in [0.1, 0.15) is 26.2 Å². The summed E-state index contributed by atoms with van der Waals surface area (Å²) >= 11 is 0. The van der Waals surface area contributed by atoms with E-state index in [9.17, 15) is 5.11 Å². The fraction of sp³-hybridized carbons (Fsp3) is 1.00. The van der Waals surface area contributed by atoms with Crippen molar-refractivity contribution in [2.75, 3.05) is 13.2 Å². The van der Waals surface area contributed by atoms with Gasteiger partial charge in [0.1, 0.15) is 0 Å². The van der Waals surface area contributed by atoms with Crippen LogP contribution in [-0.4, -0.2) is 23.9 Å². The van der Waals surface area contributed by atoms with Gasteiger partial charge in [0.05, 0.1) is 12.2 Å². The van der Waals surface area contributed by atoms with Gasteiger partial charge in [-0.25, -0.2) is 0 Å². The molecule has 2 nitrogen and oxygen atoms in total. The lowest BCUT2D eigenvalue weighted by molar-refractivity contribution is -0.0868. The van der Waals surface area contributed by atoms with Gasteiger partial charge in [-0.3, -0.25) is 0 Å². The maximum atomic E-state index is 9.56. The molecular formula is C7H14O2. The van der Waals surface area contributed by atoms with Crippen LogP contribution in [0.15, 0.2) is 0 Å². The van der Waals surface area contributed by atoms with Crippen molar-refractivity contribution in [1.82, 2.24) is 0 Å². The van der Waals surface area contributed by atoms with E-state index < -0.39 is 5.60 Å². The van der Waals surface area contributed by atoms with Gasteiger partial charge >= 0.3 is 0 Å². The molecule has 0 radical (unpaired) electrons. The zero-order chi connectivity index (χ0) is 6.74. The largest absolute Gasteiger partial charge is 0.387 e. The monoisotopic (exact) mass is 130 g/mol. The topological polar surface area (TPSA) is 29.5 Å². The molecule has 1 N–H and O–H groups in total. The Morgan fingerprint density at radius 1 is 1.67 bits per heavy atom. The Hall–Kier alpha value is -0.0800. The lowest BCUT2D eigenvalue weighted by atomic mass is 9.94. The molecule has 0 spiro atoms. The lowest BCUT2D eigenvalue weighted by Gasteiger charge is -2.30. The molecule has 0 amide bonds. The molecule has 1 fully saturated rings. The molecule has 1 saturated heterocycles. The fourth-order valence-corrected chi connectivity index (χ4v) is 1.12. The Morgan fingerprint density at radius 2 is 2.44 bits per heavy atom. The van der Waals surface area contributed by atoms with Gasteiger partial charge in [-0.05, 0) is 19.3 Å². The molecule has 2 heteroatoms. The van der Waals surface area contributed by atoms with Crippen molar-refractivity contribution >= 4 is 0 Å². The van der Waals surface area contributed by atoms with Crippen LogP contribution in [0.4, 0.5) is 0 Å². The predicted octanol–water partition coefficient (Wildman–Crippen LogP) is 0.938. The first-order valence-corrected chi connectivity index (χ1v) is 3.57. The van der Waals surface area contributed by atoms with Crippen molar-refractivity contribution in [3.05, 3.63) is 0 Å². The van der Waals surface area contributed by atoms with Crippen molar-refractivity contribution in [1.29, 1.82) is 0 Å². The normalized spacial score (nSPS) is 36.7. The van der Waals surface area contributed by atoms with E-state index >= 15 is 0 Å². The average molecular weight is 130 g/mol. The van der Waals surface area contributed by atoms with E-state index in [1.807, 2.05) is 6.92 Å². The highest BCUT2D eigenvalue weighted by molar-refractivity contribution is 4.78. The number of rotatable bonds is 1. The molecule has 0 aliphatic carbocycles. The molecule has 1 heterocycles. The molecule has 0 saturated carbocycles. The van der Waals surface area contributed by atoms with Gasteiger partial charge in [0.15, 0.2) is 0 Å². The summed E-state index contributed by atoms with van der Waals surface area (Å²) in [5.74, 6) is 0. The fourth-order valence-electron chi connectivity index (χ4n) is 1.12. The summed E-state index contributed by atoms with van der Waals surface area (Å²) in [5, 5.41) is 9.56. The molecule has 0 bridgehead atoms. The van der Waals surface area contributed by atoms with E-state index in [1.165, 1.54) is 0 Å². The van der Waals surface area contributed by atoms with Crippen LogP contribution >= 0.6 is 0 Å². The Balaban J connectivity index is 2.37. The van der Waals surface area contributed by atoms with Crippen LogP contribution in [0.25, 0.3) is 0 Å². The molecule has 54 valence electrons. The van der Waals surface area contributed by atoms with Crippen LogP contribution < -0.4 is 0 Å². The van der Waals surface area contributed by atoms with E-state index in [4.69, 9.17) is 4.74 Å². The van der Waals surface area contributed by atoms with Gasteiger partial charge in [-0.15, -0.1) is 0 Å². The first-order chi connectivity index (χ1) is 4.27. The lowest BCUT2D eigenvalue weighted by Crippen LogP contribution is -2.37. The summed E-state index contributed by atoms with van der Waals surface area (Å²) in [4.78, 5) is 0. The summed E-state index contributed by atoms with van der Waals surface area (Å²) in [5.41, 5.74) is -0.502. The number of aliphatic hydroxyl groups is 1.